The van der Waals surface area contributed by atoms with E-state index in [1.54, 1.807) is 0 Å². The molecule has 0 bridgehead atoms. The SMILES string of the molecule is CCCC(=O)SC1CCS(=O)(=O)C1. The highest BCUT2D eigenvalue weighted by Gasteiger charge is 2.29. The molecule has 1 heterocycles. The van der Waals surface area contributed by atoms with Gasteiger partial charge in [-0.2, -0.15) is 0 Å². The Bertz CT molecular complexity index is 282. The van der Waals surface area contributed by atoms with E-state index >= 15 is 0 Å². The standard InChI is InChI=1S/C8H14O3S2/c1-2-3-8(9)12-7-4-5-13(10,11)6-7/h7H,2-6H2,1H3. The zero-order valence-electron chi connectivity index (χ0n) is 7.65. The van der Waals surface area contributed by atoms with Crippen LogP contribution in [0.1, 0.15) is 26.2 Å². The monoisotopic (exact) mass is 222 g/mol. The third-order valence-electron chi connectivity index (χ3n) is 1.94. The van der Waals surface area contributed by atoms with Gasteiger partial charge in [0.2, 0.25) is 0 Å². The number of hydrogen-bond acceptors (Lipinski definition) is 4. The van der Waals surface area contributed by atoms with Gasteiger partial charge in [-0.3, -0.25) is 4.79 Å². The van der Waals surface area contributed by atoms with E-state index in [0.717, 1.165) is 6.42 Å². The topological polar surface area (TPSA) is 51.2 Å². The lowest BCUT2D eigenvalue weighted by Gasteiger charge is -2.04. The van der Waals surface area contributed by atoms with Gasteiger partial charge in [-0.15, -0.1) is 0 Å². The van der Waals surface area contributed by atoms with Gasteiger partial charge in [-0.25, -0.2) is 8.42 Å². The molecule has 0 spiro atoms. The summed E-state index contributed by atoms with van der Waals surface area (Å²) in [5, 5.41) is 0.147. The van der Waals surface area contributed by atoms with E-state index in [1.807, 2.05) is 6.92 Å². The summed E-state index contributed by atoms with van der Waals surface area (Å²) in [6, 6.07) is 0. The minimum absolute atomic E-state index is 0.0176. The van der Waals surface area contributed by atoms with Crippen LogP contribution in [0.2, 0.25) is 0 Å². The second-order valence-electron chi connectivity index (χ2n) is 3.26. The maximum Gasteiger partial charge on any atom is 0.189 e. The Labute approximate surface area is 83.2 Å². The minimum Gasteiger partial charge on any atom is -0.287 e. The van der Waals surface area contributed by atoms with Crippen molar-refractivity contribution in [2.45, 2.75) is 31.4 Å². The molecule has 0 N–H and O–H groups in total. The fraction of sp³-hybridized carbons (Fsp3) is 0.875. The molecule has 1 fully saturated rings. The van der Waals surface area contributed by atoms with E-state index < -0.39 is 9.84 Å². The largest absolute Gasteiger partial charge is 0.287 e. The molecule has 0 saturated carbocycles. The van der Waals surface area contributed by atoms with Crippen LogP contribution >= 0.6 is 11.8 Å². The number of carbonyl (C=O) groups is 1. The van der Waals surface area contributed by atoms with E-state index in [2.05, 4.69) is 0 Å². The van der Waals surface area contributed by atoms with Crippen molar-refractivity contribution in [1.82, 2.24) is 0 Å². The molecule has 3 nitrogen and oxygen atoms in total. The maximum atomic E-state index is 11.2. The van der Waals surface area contributed by atoms with Crippen LogP contribution in [-0.4, -0.2) is 30.3 Å². The van der Waals surface area contributed by atoms with Crippen LogP contribution in [0.15, 0.2) is 0 Å². The Balaban J connectivity index is 2.36. The van der Waals surface area contributed by atoms with Crippen molar-refractivity contribution in [3.05, 3.63) is 0 Å². The van der Waals surface area contributed by atoms with Gasteiger partial charge in [0.1, 0.15) is 0 Å². The smallest absolute Gasteiger partial charge is 0.189 e. The first kappa shape index (κ1) is 11.0. The quantitative estimate of drug-likeness (QED) is 0.721. The Morgan fingerprint density at radius 2 is 2.23 bits per heavy atom. The molecule has 0 aromatic rings. The lowest BCUT2D eigenvalue weighted by molar-refractivity contribution is -0.111. The molecule has 0 radical (unpaired) electrons. The highest BCUT2D eigenvalue weighted by molar-refractivity contribution is 8.14. The van der Waals surface area contributed by atoms with Crippen LogP contribution in [0.25, 0.3) is 0 Å². The molecule has 5 heteroatoms. The maximum absolute atomic E-state index is 11.2. The fourth-order valence-electron chi connectivity index (χ4n) is 1.30. The second kappa shape index (κ2) is 4.46. The summed E-state index contributed by atoms with van der Waals surface area (Å²) in [7, 11) is -2.83. The minimum atomic E-state index is -2.83. The Morgan fingerprint density at radius 1 is 1.54 bits per heavy atom. The highest BCUT2D eigenvalue weighted by Crippen LogP contribution is 2.25. The summed E-state index contributed by atoms with van der Waals surface area (Å²) in [5.74, 6) is 0.442. The van der Waals surface area contributed by atoms with E-state index in [4.69, 9.17) is 0 Å². The molecular weight excluding hydrogens is 208 g/mol. The van der Waals surface area contributed by atoms with Gasteiger partial charge in [0, 0.05) is 11.7 Å². The predicted molar refractivity (Wildman–Crippen MR) is 54.6 cm³/mol. The van der Waals surface area contributed by atoms with Crippen molar-refractivity contribution < 1.29 is 13.2 Å². The normalized spacial score (nSPS) is 26.1. The summed E-state index contributed by atoms with van der Waals surface area (Å²) >= 11 is 1.22. The van der Waals surface area contributed by atoms with Gasteiger partial charge in [0.25, 0.3) is 0 Å². The summed E-state index contributed by atoms with van der Waals surface area (Å²) in [5.41, 5.74) is 0. The van der Waals surface area contributed by atoms with Gasteiger partial charge >= 0.3 is 0 Å². The molecule has 0 aromatic carbocycles. The molecule has 0 amide bonds. The van der Waals surface area contributed by atoms with E-state index in [0.29, 0.717) is 12.8 Å². The van der Waals surface area contributed by atoms with Crippen LogP contribution in [-0.2, 0) is 14.6 Å². The van der Waals surface area contributed by atoms with Gasteiger partial charge in [-0.1, -0.05) is 18.7 Å². The van der Waals surface area contributed by atoms with Gasteiger partial charge in [-0.05, 0) is 12.8 Å². The molecule has 0 aliphatic carbocycles. The molecule has 76 valence electrons. The number of sulfone groups is 1. The molecule has 1 atom stereocenters. The Morgan fingerprint density at radius 3 is 2.69 bits per heavy atom. The third kappa shape index (κ3) is 3.68. The zero-order chi connectivity index (χ0) is 9.90. The van der Waals surface area contributed by atoms with Crippen LogP contribution in [0.5, 0.6) is 0 Å². The highest BCUT2D eigenvalue weighted by atomic mass is 32.2. The number of carbonyl (C=O) groups excluding carboxylic acids is 1. The Kier molecular flexibility index (Phi) is 3.79. The lowest BCUT2D eigenvalue weighted by Crippen LogP contribution is -2.09. The molecular formula is C8H14O3S2. The zero-order valence-corrected chi connectivity index (χ0v) is 9.29. The molecule has 0 aromatic heterocycles. The molecule has 13 heavy (non-hydrogen) atoms. The molecule has 1 rings (SSSR count). The molecule has 1 aliphatic heterocycles. The lowest BCUT2D eigenvalue weighted by atomic mass is 10.4. The average Bonchev–Trinajstić information content (AvgIpc) is 2.30. The van der Waals surface area contributed by atoms with Crippen molar-refractivity contribution in [2.24, 2.45) is 0 Å². The van der Waals surface area contributed by atoms with E-state index in [1.165, 1.54) is 11.8 Å². The summed E-state index contributed by atoms with van der Waals surface area (Å²) in [6.07, 6.45) is 2.04. The first-order valence-electron chi connectivity index (χ1n) is 4.43. The van der Waals surface area contributed by atoms with E-state index in [9.17, 15) is 13.2 Å². The van der Waals surface area contributed by atoms with Crippen molar-refractivity contribution in [2.75, 3.05) is 11.5 Å². The van der Waals surface area contributed by atoms with Crippen LogP contribution < -0.4 is 0 Å². The average molecular weight is 222 g/mol. The van der Waals surface area contributed by atoms with E-state index in [-0.39, 0.29) is 21.9 Å². The van der Waals surface area contributed by atoms with Crippen molar-refractivity contribution in [3.63, 3.8) is 0 Å². The molecule has 1 aliphatic rings. The van der Waals surface area contributed by atoms with Gasteiger partial charge in [0.15, 0.2) is 15.0 Å². The van der Waals surface area contributed by atoms with Gasteiger partial charge < -0.3 is 0 Å². The summed E-state index contributed by atoms with van der Waals surface area (Å²) < 4.78 is 22.1. The number of rotatable bonds is 3. The third-order valence-corrected chi connectivity index (χ3v) is 5.12. The van der Waals surface area contributed by atoms with Crippen molar-refractivity contribution in [3.8, 4) is 0 Å². The number of hydrogen-bond donors (Lipinski definition) is 0. The fourth-order valence-corrected chi connectivity index (χ4v) is 4.82. The van der Waals surface area contributed by atoms with Crippen LogP contribution in [0.4, 0.5) is 0 Å². The molecule has 1 saturated heterocycles. The predicted octanol–water partition coefficient (Wildman–Crippen LogP) is 1.23. The second-order valence-corrected chi connectivity index (χ2v) is 6.85. The first-order valence-corrected chi connectivity index (χ1v) is 7.13. The van der Waals surface area contributed by atoms with Crippen molar-refractivity contribution in [1.29, 1.82) is 0 Å². The Hall–Kier alpha value is -0.0300. The molecule has 1 unspecified atom stereocenters. The van der Waals surface area contributed by atoms with Crippen LogP contribution in [0.3, 0.4) is 0 Å². The van der Waals surface area contributed by atoms with Crippen molar-refractivity contribution >= 4 is 26.7 Å². The first-order chi connectivity index (χ1) is 6.03. The summed E-state index contributed by atoms with van der Waals surface area (Å²) in [4.78, 5) is 11.2. The van der Waals surface area contributed by atoms with Gasteiger partial charge in [0.05, 0.1) is 11.5 Å². The number of thioether (sulfide) groups is 1. The van der Waals surface area contributed by atoms with Crippen LogP contribution in [0, 0.1) is 0 Å². The summed E-state index contributed by atoms with van der Waals surface area (Å²) in [6.45, 7) is 1.95.